The highest BCUT2D eigenvalue weighted by Gasteiger charge is 2.48. The standard InChI is InChI=1S/C11H10Cl2FN/c1-10(2)11(12,13)8-6-4-3-5-7(8)9(14)15-10/h3-6H,1-2H3. The maximum atomic E-state index is 13.6. The van der Waals surface area contributed by atoms with E-state index in [4.69, 9.17) is 23.2 Å². The molecule has 2 rings (SSSR count). The third kappa shape index (κ3) is 1.47. The quantitative estimate of drug-likeness (QED) is 0.617. The fourth-order valence-corrected chi connectivity index (χ4v) is 2.06. The van der Waals surface area contributed by atoms with Crippen LogP contribution in [0.25, 0.3) is 0 Å². The average Bonchev–Trinajstić information content (AvgIpc) is 2.15. The maximum absolute atomic E-state index is 13.6. The average molecular weight is 246 g/mol. The molecule has 0 amide bonds. The number of hydrogen-bond acceptors (Lipinski definition) is 1. The van der Waals surface area contributed by atoms with Crippen molar-refractivity contribution in [2.75, 3.05) is 0 Å². The molecular formula is C11H10Cl2FN. The highest BCUT2D eigenvalue weighted by Crippen LogP contribution is 2.49. The summed E-state index contributed by atoms with van der Waals surface area (Å²) in [5, 5.41) is 0. The Balaban J connectivity index is 2.73. The molecule has 0 radical (unpaired) electrons. The molecule has 0 aliphatic carbocycles. The monoisotopic (exact) mass is 245 g/mol. The summed E-state index contributed by atoms with van der Waals surface area (Å²) in [4.78, 5) is 3.89. The Bertz CT molecular complexity index is 438. The fraction of sp³-hybridized carbons (Fsp3) is 0.364. The van der Waals surface area contributed by atoms with Crippen molar-refractivity contribution in [3.63, 3.8) is 0 Å². The van der Waals surface area contributed by atoms with Crippen molar-refractivity contribution in [1.82, 2.24) is 0 Å². The second-order valence-electron chi connectivity index (χ2n) is 4.08. The molecule has 0 saturated carbocycles. The van der Waals surface area contributed by atoms with Crippen LogP contribution in [-0.4, -0.2) is 11.5 Å². The van der Waals surface area contributed by atoms with Crippen molar-refractivity contribution >= 4 is 29.2 Å². The van der Waals surface area contributed by atoms with Gasteiger partial charge < -0.3 is 0 Å². The second kappa shape index (κ2) is 3.19. The molecule has 1 aliphatic rings. The van der Waals surface area contributed by atoms with Gasteiger partial charge in [0.2, 0.25) is 5.97 Å². The van der Waals surface area contributed by atoms with Gasteiger partial charge in [0.15, 0.2) is 4.33 Å². The number of aliphatic imine (C=N–C) groups is 1. The van der Waals surface area contributed by atoms with Gasteiger partial charge in [0, 0.05) is 11.1 Å². The van der Waals surface area contributed by atoms with Crippen LogP contribution in [-0.2, 0) is 4.33 Å². The second-order valence-corrected chi connectivity index (χ2v) is 5.41. The summed E-state index contributed by atoms with van der Waals surface area (Å²) >= 11 is 12.5. The van der Waals surface area contributed by atoms with Gasteiger partial charge in [0.1, 0.15) is 0 Å². The van der Waals surface area contributed by atoms with E-state index in [1.165, 1.54) is 0 Å². The predicted octanol–water partition coefficient (Wildman–Crippen LogP) is 3.83. The number of halogens is 3. The van der Waals surface area contributed by atoms with E-state index < -0.39 is 15.8 Å². The van der Waals surface area contributed by atoms with Gasteiger partial charge in [-0.15, -0.1) is 0 Å². The van der Waals surface area contributed by atoms with Crippen molar-refractivity contribution < 1.29 is 4.39 Å². The first-order chi connectivity index (χ1) is 6.86. The number of benzene rings is 1. The minimum Gasteiger partial charge on any atom is -0.248 e. The van der Waals surface area contributed by atoms with Crippen LogP contribution >= 0.6 is 23.2 Å². The minimum atomic E-state index is -1.20. The van der Waals surface area contributed by atoms with E-state index in [2.05, 4.69) is 4.99 Å². The van der Waals surface area contributed by atoms with Crippen LogP contribution in [0.1, 0.15) is 25.0 Å². The van der Waals surface area contributed by atoms with Gasteiger partial charge in [-0.2, -0.15) is 4.39 Å². The first-order valence-corrected chi connectivity index (χ1v) is 5.35. The van der Waals surface area contributed by atoms with Crippen LogP contribution in [0, 0.1) is 0 Å². The molecule has 0 spiro atoms. The summed E-state index contributed by atoms with van der Waals surface area (Å²) < 4.78 is 12.5. The molecule has 15 heavy (non-hydrogen) atoms. The van der Waals surface area contributed by atoms with Crippen molar-refractivity contribution in [1.29, 1.82) is 0 Å². The Morgan fingerprint density at radius 2 is 1.80 bits per heavy atom. The van der Waals surface area contributed by atoms with Crippen molar-refractivity contribution in [3.8, 4) is 0 Å². The van der Waals surface area contributed by atoms with Gasteiger partial charge in [-0.3, -0.25) is 0 Å². The van der Waals surface area contributed by atoms with Crippen LogP contribution in [0.15, 0.2) is 29.3 Å². The zero-order valence-electron chi connectivity index (χ0n) is 8.39. The van der Waals surface area contributed by atoms with Crippen LogP contribution in [0.4, 0.5) is 4.39 Å². The van der Waals surface area contributed by atoms with E-state index >= 15 is 0 Å². The lowest BCUT2D eigenvalue weighted by Gasteiger charge is -2.38. The Labute approximate surface area is 97.9 Å². The summed E-state index contributed by atoms with van der Waals surface area (Å²) in [7, 11) is 0. The van der Waals surface area contributed by atoms with Crippen LogP contribution in [0.5, 0.6) is 0 Å². The fourth-order valence-electron chi connectivity index (χ4n) is 1.64. The number of hydrogen-bond donors (Lipinski definition) is 0. The Morgan fingerprint density at radius 3 is 2.47 bits per heavy atom. The molecule has 80 valence electrons. The largest absolute Gasteiger partial charge is 0.248 e. The third-order valence-corrected chi connectivity index (χ3v) is 3.97. The zero-order valence-corrected chi connectivity index (χ0v) is 9.90. The Morgan fingerprint density at radius 1 is 1.20 bits per heavy atom. The molecule has 4 heteroatoms. The van der Waals surface area contributed by atoms with Gasteiger partial charge in [-0.25, -0.2) is 4.99 Å². The molecule has 1 aliphatic heterocycles. The molecule has 1 aromatic carbocycles. The van der Waals surface area contributed by atoms with Gasteiger partial charge in [-0.1, -0.05) is 47.5 Å². The van der Waals surface area contributed by atoms with E-state index in [-0.39, 0.29) is 0 Å². The summed E-state index contributed by atoms with van der Waals surface area (Å²) in [6.07, 6.45) is 0. The third-order valence-electron chi connectivity index (χ3n) is 2.63. The lowest BCUT2D eigenvalue weighted by atomic mass is 9.88. The number of alkyl halides is 2. The van der Waals surface area contributed by atoms with Gasteiger partial charge >= 0.3 is 0 Å². The van der Waals surface area contributed by atoms with Crippen LogP contribution in [0.2, 0.25) is 0 Å². The Hall–Kier alpha value is -0.600. The maximum Gasteiger partial charge on any atom is 0.216 e. The molecule has 0 bridgehead atoms. The zero-order chi connectivity index (χ0) is 11.3. The van der Waals surface area contributed by atoms with E-state index in [0.29, 0.717) is 11.1 Å². The smallest absolute Gasteiger partial charge is 0.216 e. The molecule has 0 unspecified atom stereocenters. The lowest BCUT2D eigenvalue weighted by Crippen LogP contribution is -2.41. The molecule has 1 nitrogen and oxygen atoms in total. The summed E-state index contributed by atoms with van der Waals surface area (Å²) in [5.41, 5.74) is 0.0850. The molecule has 1 heterocycles. The molecule has 0 fully saturated rings. The summed E-state index contributed by atoms with van der Waals surface area (Å²) in [6.45, 7) is 3.42. The highest BCUT2D eigenvalue weighted by molar-refractivity contribution is 6.49. The molecular weight excluding hydrogens is 236 g/mol. The first-order valence-electron chi connectivity index (χ1n) is 4.59. The van der Waals surface area contributed by atoms with Crippen molar-refractivity contribution in [2.24, 2.45) is 4.99 Å². The molecule has 0 aromatic heterocycles. The summed E-state index contributed by atoms with van der Waals surface area (Å²) in [5.74, 6) is -0.507. The highest BCUT2D eigenvalue weighted by atomic mass is 35.5. The van der Waals surface area contributed by atoms with Crippen LogP contribution < -0.4 is 0 Å². The van der Waals surface area contributed by atoms with Gasteiger partial charge in [0.25, 0.3) is 0 Å². The number of nitrogens with zero attached hydrogens (tertiary/aromatic N) is 1. The van der Waals surface area contributed by atoms with E-state index in [1.54, 1.807) is 38.1 Å². The number of rotatable bonds is 0. The lowest BCUT2D eigenvalue weighted by molar-refractivity contribution is 0.447. The van der Waals surface area contributed by atoms with Crippen molar-refractivity contribution in [2.45, 2.75) is 23.7 Å². The van der Waals surface area contributed by atoms with E-state index in [0.717, 1.165) is 0 Å². The van der Waals surface area contributed by atoms with Crippen molar-refractivity contribution in [3.05, 3.63) is 35.4 Å². The molecule has 0 N–H and O–H groups in total. The molecule has 1 aromatic rings. The van der Waals surface area contributed by atoms with E-state index in [9.17, 15) is 4.39 Å². The molecule has 0 saturated heterocycles. The Kier molecular flexibility index (Phi) is 2.32. The van der Waals surface area contributed by atoms with Gasteiger partial charge in [-0.05, 0) is 13.8 Å². The molecule has 0 atom stereocenters. The minimum absolute atomic E-state index is 0.377. The SMILES string of the molecule is CC1(C)N=C(F)c2ccccc2C1(Cl)Cl. The normalized spacial score (nSPS) is 21.8. The topological polar surface area (TPSA) is 12.4 Å². The first kappa shape index (κ1) is 10.9. The van der Waals surface area contributed by atoms with Gasteiger partial charge in [0.05, 0.1) is 5.54 Å². The summed E-state index contributed by atoms with van der Waals surface area (Å²) in [6, 6.07) is 6.87. The number of fused-ring (bicyclic) bond motifs is 1. The predicted molar refractivity (Wildman–Crippen MR) is 61.6 cm³/mol. The van der Waals surface area contributed by atoms with Crippen LogP contribution in [0.3, 0.4) is 0 Å². The van der Waals surface area contributed by atoms with E-state index in [1.807, 2.05) is 0 Å².